The maximum Gasteiger partial charge on any atom is 0.326 e. The van der Waals surface area contributed by atoms with Gasteiger partial charge in [-0.15, -0.1) is 0 Å². The number of nitrogens with zero attached hydrogens (tertiary/aromatic N) is 2. The molecule has 0 atom stereocenters. The predicted octanol–water partition coefficient (Wildman–Crippen LogP) is 4.15. The Morgan fingerprint density at radius 3 is 2.32 bits per heavy atom. The number of hydrogen-bond donors (Lipinski definition) is 0. The molecule has 0 saturated heterocycles. The van der Waals surface area contributed by atoms with Crippen LogP contribution in [-0.4, -0.2) is 37.3 Å². The molecule has 31 heavy (non-hydrogen) atoms. The van der Waals surface area contributed by atoms with Gasteiger partial charge < -0.3 is 18.8 Å². The lowest BCUT2D eigenvalue weighted by atomic mass is 10.0. The fourth-order valence-corrected chi connectivity index (χ4v) is 4.18. The average Bonchev–Trinajstić information content (AvgIpc) is 3.09. The molecule has 164 valence electrons. The Bertz CT molecular complexity index is 1150. The second-order valence-corrected chi connectivity index (χ2v) is 8.19. The molecule has 0 fully saturated rings. The lowest BCUT2D eigenvalue weighted by Crippen LogP contribution is -2.23. The summed E-state index contributed by atoms with van der Waals surface area (Å²) in [6.45, 7) is 6.25. The van der Waals surface area contributed by atoms with E-state index < -0.39 is 5.91 Å². The minimum absolute atomic E-state index is 0.0254. The van der Waals surface area contributed by atoms with Gasteiger partial charge in [0.15, 0.2) is 4.80 Å². The predicted molar refractivity (Wildman–Crippen MR) is 120 cm³/mol. The molecule has 3 aromatic rings. The number of thiazole rings is 1. The molecule has 8 heteroatoms. The van der Waals surface area contributed by atoms with E-state index in [1.165, 1.54) is 31.1 Å². The first-order valence-electron chi connectivity index (χ1n) is 9.97. The molecule has 0 unspecified atom stereocenters. The van der Waals surface area contributed by atoms with Gasteiger partial charge in [-0.1, -0.05) is 31.3 Å². The van der Waals surface area contributed by atoms with Crippen molar-refractivity contribution < 1.29 is 23.8 Å². The molecule has 0 aliphatic heterocycles. The Morgan fingerprint density at radius 2 is 1.74 bits per heavy atom. The number of aromatic nitrogens is 1. The Morgan fingerprint density at radius 1 is 1.06 bits per heavy atom. The molecule has 0 aliphatic carbocycles. The molecule has 0 N–H and O–H groups in total. The molecule has 0 radical (unpaired) electrons. The van der Waals surface area contributed by atoms with E-state index in [9.17, 15) is 9.59 Å². The highest BCUT2D eigenvalue weighted by molar-refractivity contribution is 7.16. The topological polar surface area (TPSA) is 79.1 Å². The van der Waals surface area contributed by atoms with Gasteiger partial charge in [-0.3, -0.25) is 9.59 Å². The highest BCUT2D eigenvalue weighted by atomic mass is 32.1. The number of amides is 1. The van der Waals surface area contributed by atoms with Crippen molar-refractivity contribution in [2.24, 2.45) is 4.99 Å². The van der Waals surface area contributed by atoms with E-state index in [0.717, 1.165) is 10.2 Å². The van der Waals surface area contributed by atoms with Crippen LogP contribution in [0.5, 0.6) is 11.5 Å². The van der Waals surface area contributed by atoms with E-state index >= 15 is 0 Å². The third-order valence-electron chi connectivity index (χ3n) is 4.76. The van der Waals surface area contributed by atoms with Crippen LogP contribution in [0.15, 0.2) is 41.4 Å². The summed E-state index contributed by atoms with van der Waals surface area (Å²) in [5.41, 5.74) is 2.34. The third-order valence-corrected chi connectivity index (χ3v) is 5.80. The van der Waals surface area contributed by atoms with E-state index in [4.69, 9.17) is 14.2 Å². The van der Waals surface area contributed by atoms with Gasteiger partial charge in [0.05, 0.1) is 31.0 Å². The molecule has 2 aromatic carbocycles. The first kappa shape index (κ1) is 22.6. The standard InChI is InChI=1S/C23H26N2O5S/c1-6-30-21(26)13-25-19-8-7-15(14(2)3)11-20(19)31-23(25)24-22(27)16-9-17(28-4)12-18(10-16)29-5/h7-12,14H,6,13H2,1-5H3. The molecule has 0 aliphatic rings. The Labute approximate surface area is 184 Å². The SMILES string of the molecule is CCOC(=O)Cn1c(=NC(=O)c2cc(OC)cc(OC)c2)sc2cc(C(C)C)ccc21. The smallest absolute Gasteiger partial charge is 0.326 e. The molecule has 7 nitrogen and oxygen atoms in total. The first-order chi connectivity index (χ1) is 14.9. The molecule has 0 bridgehead atoms. The summed E-state index contributed by atoms with van der Waals surface area (Å²) in [5, 5.41) is 0. The molecule has 1 aromatic heterocycles. The van der Waals surface area contributed by atoms with Crippen molar-refractivity contribution >= 4 is 33.4 Å². The number of benzene rings is 2. The quantitative estimate of drug-likeness (QED) is 0.514. The number of esters is 1. The van der Waals surface area contributed by atoms with E-state index in [-0.39, 0.29) is 19.1 Å². The molecular formula is C23H26N2O5S. The average molecular weight is 443 g/mol. The summed E-state index contributed by atoms with van der Waals surface area (Å²) in [6, 6.07) is 11.0. The summed E-state index contributed by atoms with van der Waals surface area (Å²) in [4.78, 5) is 29.9. The van der Waals surface area contributed by atoms with E-state index in [1.54, 1.807) is 29.7 Å². The number of carbonyl (C=O) groups excluding carboxylic acids is 2. The summed E-state index contributed by atoms with van der Waals surface area (Å²) in [5.74, 6) is 0.513. The van der Waals surface area contributed by atoms with Crippen molar-refractivity contribution in [1.82, 2.24) is 4.57 Å². The van der Waals surface area contributed by atoms with Crippen LogP contribution in [0.4, 0.5) is 0 Å². The molecule has 1 heterocycles. The summed E-state index contributed by atoms with van der Waals surface area (Å²) >= 11 is 1.36. The van der Waals surface area contributed by atoms with Crippen LogP contribution >= 0.6 is 11.3 Å². The number of ether oxygens (including phenoxy) is 3. The highest BCUT2D eigenvalue weighted by Crippen LogP contribution is 2.25. The fraction of sp³-hybridized carbons (Fsp3) is 0.348. The van der Waals surface area contributed by atoms with E-state index in [2.05, 4.69) is 24.9 Å². The van der Waals surface area contributed by atoms with Crippen molar-refractivity contribution in [2.45, 2.75) is 33.2 Å². The fourth-order valence-electron chi connectivity index (χ4n) is 3.11. The van der Waals surface area contributed by atoms with Gasteiger partial charge >= 0.3 is 5.97 Å². The minimum atomic E-state index is -0.453. The van der Waals surface area contributed by atoms with Gasteiger partial charge in [-0.05, 0) is 42.7 Å². The van der Waals surface area contributed by atoms with Gasteiger partial charge in [-0.2, -0.15) is 4.99 Å². The Kier molecular flexibility index (Phi) is 7.12. The largest absolute Gasteiger partial charge is 0.497 e. The van der Waals surface area contributed by atoms with E-state index in [0.29, 0.717) is 27.8 Å². The van der Waals surface area contributed by atoms with Crippen LogP contribution in [0.2, 0.25) is 0 Å². The third kappa shape index (κ3) is 5.14. The number of fused-ring (bicyclic) bond motifs is 1. The second kappa shape index (κ2) is 9.78. The van der Waals surface area contributed by atoms with Gasteiger partial charge in [0.1, 0.15) is 18.0 Å². The van der Waals surface area contributed by atoms with Crippen LogP contribution in [-0.2, 0) is 16.1 Å². The molecule has 0 spiro atoms. The van der Waals surface area contributed by atoms with E-state index in [1.807, 2.05) is 12.1 Å². The van der Waals surface area contributed by atoms with Crippen molar-refractivity contribution in [1.29, 1.82) is 0 Å². The number of carbonyl (C=O) groups is 2. The first-order valence-corrected chi connectivity index (χ1v) is 10.8. The Hall–Kier alpha value is -3.13. The Balaban J connectivity index is 2.13. The molecule has 3 rings (SSSR count). The van der Waals surface area contributed by atoms with Crippen LogP contribution in [0, 0.1) is 0 Å². The van der Waals surface area contributed by atoms with Crippen molar-refractivity contribution in [3.8, 4) is 11.5 Å². The van der Waals surface area contributed by atoms with Crippen LogP contribution in [0.25, 0.3) is 10.2 Å². The van der Waals surface area contributed by atoms with Gasteiger partial charge in [0.2, 0.25) is 0 Å². The zero-order valence-corrected chi connectivity index (χ0v) is 19.1. The highest BCUT2D eigenvalue weighted by Gasteiger charge is 2.15. The normalized spacial score (nSPS) is 11.7. The monoisotopic (exact) mass is 442 g/mol. The maximum atomic E-state index is 13.0. The van der Waals surface area contributed by atoms with Crippen LogP contribution in [0.3, 0.4) is 0 Å². The lowest BCUT2D eigenvalue weighted by Gasteiger charge is -2.08. The molecule has 1 amide bonds. The molecule has 0 saturated carbocycles. The molecular weight excluding hydrogens is 416 g/mol. The minimum Gasteiger partial charge on any atom is -0.497 e. The lowest BCUT2D eigenvalue weighted by molar-refractivity contribution is -0.143. The summed E-state index contributed by atoms with van der Waals surface area (Å²) < 4.78 is 18.3. The zero-order valence-electron chi connectivity index (χ0n) is 18.3. The van der Waals surface area contributed by atoms with Gasteiger partial charge in [0, 0.05) is 11.6 Å². The maximum absolute atomic E-state index is 13.0. The van der Waals surface area contributed by atoms with Gasteiger partial charge in [-0.25, -0.2) is 0 Å². The number of rotatable bonds is 7. The number of hydrogen-bond acceptors (Lipinski definition) is 6. The second-order valence-electron chi connectivity index (χ2n) is 7.18. The zero-order chi connectivity index (χ0) is 22.5. The van der Waals surface area contributed by atoms with Crippen molar-refractivity contribution in [3.63, 3.8) is 0 Å². The summed E-state index contributed by atoms with van der Waals surface area (Å²) in [6.07, 6.45) is 0. The van der Waals surface area contributed by atoms with Crippen molar-refractivity contribution in [2.75, 3.05) is 20.8 Å². The van der Waals surface area contributed by atoms with Crippen molar-refractivity contribution in [3.05, 3.63) is 52.3 Å². The van der Waals surface area contributed by atoms with Crippen LogP contribution in [0.1, 0.15) is 42.6 Å². The number of methoxy groups -OCH3 is 2. The van der Waals surface area contributed by atoms with Crippen LogP contribution < -0.4 is 14.3 Å². The summed E-state index contributed by atoms with van der Waals surface area (Å²) in [7, 11) is 3.04. The van der Waals surface area contributed by atoms with Gasteiger partial charge in [0.25, 0.3) is 5.91 Å².